The molecule has 0 atom stereocenters. The van der Waals surface area contributed by atoms with E-state index in [1.807, 2.05) is 13.0 Å². The molecule has 6 nitrogen and oxygen atoms in total. The molecular weight excluding hydrogens is 342 g/mol. The number of hydrogen-bond donors (Lipinski definition) is 1. The predicted molar refractivity (Wildman–Crippen MR) is 99.0 cm³/mol. The number of nitriles is 1. The number of benzene rings is 2. The number of imide groups is 1. The quantitative estimate of drug-likeness (QED) is 0.801. The molecule has 0 aromatic heterocycles. The maximum absolute atomic E-state index is 12.5. The zero-order valence-corrected chi connectivity index (χ0v) is 15.0. The van der Waals surface area contributed by atoms with Gasteiger partial charge in [-0.1, -0.05) is 25.5 Å². The summed E-state index contributed by atoms with van der Waals surface area (Å²) < 4.78 is 0. The fourth-order valence-electron chi connectivity index (χ4n) is 2.93. The Morgan fingerprint density at radius 2 is 1.78 bits per heavy atom. The monoisotopic (exact) mass is 361 g/mol. The molecule has 0 saturated heterocycles. The average Bonchev–Trinajstić information content (AvgIpc) is 2.94. The summed E-state index contributed by atoms with van der Waals surface area (Å²) in [6, 6.07) is 13.5. The van der Waals surface area contributed by atoms with Gasteiger partial charge < -0.3 is 5.32 Å². The van der Waals surface area contributed by atoms with Crippen LogP contribution in [0.2, 0.25) is 0 Å². The Hall–Kier alpha value is -3.46. The first-order valence-corrected chi connectivity index (χ1v) is 8.82. The van der Waals surface area contributed by atoms with Crippen molar-refractivity contribution in [2.24, 2.45) is 0 Å². The molecule has 0 fully saturated rings. The van der Waals surface area contributed by atoms with Crippen molar-refractivity contribution in [3.05, 3.63) is 70.3 Å². The van der Waals surface area contributed by atoms with Crippen LogP contribution in [0.25, 0.3) is 0 Å². The van der Waals surface area contributed by atoms with Gasteiger partial charge in [0, 0.05) is 18.7 Å². The molecule has 1 N–H and O–H groups in total. The zero-order chi connectivity index (χ0) is 19.4. The molecule has 0 spiro atoms. The number of fused-ring (bicyclic) bond motifs is 1. The number of nitrogens with zero attached hydrogens (tertiary/aromatic N) is 2. The zero-order valence-electron chi connectivity index (χ0n) is 15.0. The molecule has 2 aromatic carbocycles. The summed E-state index contributed by atoms with van der Waals surface area (Å²) in [7, 11) is 0. The first-order valence-electron chi connectivity index (χ1n) is 8.82. The van der Waals surface area contributed by atoms with Gasteiger partial charge in [-0.25, -0.2) is 0 Å². The van der Waals surface area contributed by atoms with Gasteiger partial charge in [0.05, 0.1) is 22.8 Å². The van der Waals surface area contributed by atoms with Crippen LogP contribution in [0.15, 0.2) is 42.5 Å². The Bertz CT molecular complexity index is 942. The van der Waals surface area contributed by atoms with Gasteiger partial charge in [-0.15, -0.1) is 0 Å². The lowest BCUT2D eigenvalue weighted by atomic mass is 10.1. The van der Waals surface area contributed by atoms with Crippen molar-refractivity contribution < 1.29 is 14.4 Å². The van der Waals surface area contributed by atoms with E-state index in [-0.39, 0.29) is 23.3 Å². The summed E-state index contributed by atoms with van der Waals surface area (Å²) in [5.74, 6) is -0.965. The van der Waals surface area contributed by atoms with Crippen LogP contribution in [0.5, 0.6) is 0 Å². The Balaban J connectivity index is 1.71. The van der Waals surface area contributed by atoms with Crippen molar-refractivity contribution in [1.82, 2.24) is 10.2 Å². The lowest BCUT2D eigenvalue weighted by Crippen LogP contribution is -2.30. The van der Waals surface area contributed by atoms with Crippen LogP contribution >= 0.6 is 0 Å². The minimum Gasteiger partial charge on any atom is -0.348 e. The Labute approximate surface area is 157 Å². The van der Waals surface area contributed by atoms with Crippen LogP contribution in [-0.2, 0) is 6.54 Å². The van der Waals surface area contributed by atoms with Crippen LogP contribution in [0, 0.1) is 11.3 Å². The fourth-order valence-corrected chi connectivity index (χ4v) is 2.93. The van der Waals surface area contributed by atoms with E-state index in [9.17, 15) is 14.4 Å². The number of carbonyl (C=O) groups is 3. The Kier molecular flexibility index (Phi) is 5.32. The highest BCUT2D eigenvalue weighted by molar-refractivity contribution is 6.22. The smallest absolute Gasteiger partial charge is 0.261 e. The van der Waals surface area contributed by atoms with E-state index < -0.39 is 0 Å². The van der Waals surface area contributed by atoms with Crippen LogP contribution in [0.3, 0.4) is 0 Å². The van der Waals surface area contributed by atoms with Crippen molar-refractivity contribution in [1.29, 1.82) is 5.26 Å². The maximum atomic E-state index is 12.5. The molecule has 3 amide bonds. The van der Waals surface area contributed by atoms with E-state index in [1.165, 1.54) is 17.0 Å². The summed E-state index contributed by atoms with van der Waals surface area (Å²) >= 11 is 0. The summed E-state index contributed by atoms with van der Waals surface area (Å²) in [5.41, 5.74) is 2.38. The molecule has 27 heavy (non-hydrogen) atoms. The molecule has 6 heteroatoms. The van der Waals surface area contributed by atoms with Gasteiger partial charge in [-0.05, 0) is 42.3 Å². The van der Waals surface area contributed by atoms with Crippen molar-refractivity contribution in [2.45, 2.75) is 26.3 Å². The normalized spacial score (nSPS) is 12.7. The lowest BCUT2D eigenvalue weighted by Gasteiger charge is -2.12. The lowest BCUT2D eigenvalue weighted by molar-refractivity contribution is 0.0652. The van der Waals surface area contributed by atoms with E-state index in [2.05, 4.69) is 5.32 Å². The van der Waals surface area contributed by atoms with Crippen molar-refractivity contribution in [3.63, 3.8) is 0 Å². The third-order valence-electron chi connectivity index (χ3n) is 4.50. The van der Waals surface area contributed by atoms with E-state index in [0.29, 0.717) is 29.8 Å². The van der Waals surface area contributed by atoms with E-state index >= 15 is 0 Å². The van der Waals surface area contributed by atoms with Crippen LogP contribution < -0.4 is 5.32 Å². The molecule has 1 aliphatic heterocycles. The fraction of sp³-hybridized carbons (Fsp3) is 0.238. The van der Waals surface area contributed by atoms with Crippen LogP contribution in [-0.4, -0.2) is 29.2 Å². The number of rotatable bonds is 6. The summed E-state index contributed by atoms with van der Waals surface area (Å²) in [5, 5.41) is 11.6. The molecule has 0 saturated carbocycles. The van der Waals surface area contributed by atoms with Crippen LogP contribution in [0.4, 0.5) is 0 Å². The number of hydrogen-bond acceptors (Lipinski definition) is 4. The predicted octanol–water partition coefficient (Wildman–Crippen LogP) is 2.88. The molecule has 3 rings (SSSR count). The van der Waals surface area contributed by atoms with Gasteiger partial charge in [0.15, 0.2) is 0 Å². The molecule has 136 valence electrons. The second kappa shape index (κ2) is 7.83. The van der Waals surface area contributed by atoms with Gasteiger partial charge in [-0.2, -0.15) is 5.26 Å². The Morgan fingerprint density at radius 1 is 1.07 bits per heavy atom. The topological polar surface area (TPSA) is 90.3 Å². The number of carbonyl (C=O) groups excluding carboxylic acids is 3. The molecule has 0 aliphatic carbocycles. The van der Waals surface area contributed by atoms with Crippen molar-refractivity contribution >= 4 is 17.7 Å². The highest BCUT2D eigenvalue weighted by atomic mass is 16.2. The third-order valence-corrected chi connectivity index (χ3v) is 4.50. The molecule has 1 aliphatic rings. The highest BCUT2D eigenvalue weighted by Gasteiger charge is 2.35. The number of amides is 3. The SMILES string of the molecule is CCCCN1C(=O)c2ccc(C(=O)NCc3ccc(C#N)cc3)cc2C1=O. The van der Waals surface area contributed by atoms with Crippen LogP contribution in [0.1, 0.15) is 62.0 Å². The van der Waals surface area contributed by atoms with Gasteiger partial charge in [0.1, 0.15) is 0 Å². The number of nitrogens with one attached hydrogen (secondary N) is 1. The third kappa shape index (κ3) is 3.72. The highest BCUT2D eigenvalue weighted by Crippen LogP contribution is 2.24. The first kappa shape index (κ1) is 18.3. The summed E-state index contributed by atoms with van der Waals surface area (Å²) in [6.45, 7) is 2.69. The molecule has 0 bridgehead atoms. The van der Waals surface area contributed by atoms with Gasteiger partial charge in [0.25, 0.3) is 17.7 Å². The van der Waals surface area contributed by atoms with Gasteiger partial charge in [-0.3, -0.25) is 19.3 Å². The maximum Gasteiger partial charge on any atom is 0.261 e. The molecule has 0 radical (unpaired) electrons. The van der Waals surface area contributed by atoms with Crippen molar-refractivity contribution in [2.75, 3.05) is 6.54 Å². The molecular formula is C21H19N3O3. The van der Waals surface area contributed by atoms with E-state index in [1.54, 1.807) is 30.3 Å². The second-order valence-corrected chi connectivity index (χ2v) is 6.37. The van der Waals surface area contributed by atoms with E-state index in [0.717, 1.165) is 18.4 Å². The molecule has 0 unspecified atom stereocenters. The Morgan fingerprint density at radius 3 is 2.44 bits per heavy atom. The largest absolute Gasteiger partial charge is 0.348 e. The first-order chi connectivity index (χ1) is 13.0. The minimum absolute atomic E-state index is 0.280. The summed E-state index contributed by atoms with van der Waals surface area (Å²) in [6.07, 6.45) is 1.64. The number of unbranched alkanes of at least 4 members (excludes halogenated alkanes) is 1. The second-order valence-electron chi connectivity index (χ2n) is 6.37. The van der Waals surface area contributed by atoms with Gasteiger partial charge >= 0.3 is 0 Å². The molecule has 2 aromatic rings. The average molecular weight is 361 g/mol. The van der Waals surface area contributed by atoms with Crippen molar-refractivity contribution in [3.8, 4) is 6.07 Å². The van der Waals surface area contributed by atoms with Gasteiger partial charge in [0.2, 0.25) is 0 Å². The minimum atomic E-state index is -0.342. The molecule has 1 heterocycles. The standard InChI is InChI=1S/C21H19N3O3/c1-2-3-10-24-20(26)17-9-8-16(11-18(17)21(24)27)19(25)23-13-15-6-4-14(12-22)5-7-15/h4-9,11H,2-3,10,13H2,1H3,(H,23,25). The summed E-state index contributed by atoms with van der Waals surface area (Å²) in [4.78, 5) is 38.5. The van der Waals surface area contributed by atoms with E-state index in [4.69, 9.17) is 5.26 Å².